The van der Waals surface area contributed by atoms with Gasteiger partial charge in [-0.15, -0.1) is 0 Å². The summed E-state index contributed by atoms with van der Waals surface area (Å²) in [5.41, 5.74) is 1.98. The van der Waals surface area contributed by atoms with Gasteiger partial charge >= 0.3 is 0 Å². The van der Waals surface area contributed by atoms with Crippen LogP contribution in [0, 0.1) is 5.92 Å². The molecule has 0 aromatic heterocycles. The van der Waals surface area contributed by atoms with Crippen molar-refractivity contribution in [3.63, 3.8) is 0 Å². The summed E-state index contributed by atoms with van der Waals surface area (Å²) >= 11 is 12.1. The zero-order valence-electron chi connectivity index (χ0n) is 18.6. The highest BCUT2D eigenvalue weighted by atomic mass is 35.5. The molecule has 0 aliphatic heterocycles. The van der Waals surface area contributed by atoms with Crippen LogP contribution in [0.1, 0.15) is 25.0 Å². The van der Waals surface area contributed by atoms with Crippen molar-refractivity contribution in [3.05, 3.63) is 57.6 Å². The summed E-state index contributed by atoms with van der Waals surface area (Å²) in [4.78, 5) is 21.1. The van der Waals surface area contributed by atoms with Gasteiger partial charge in [0.25, 0.3) is 0 Å². The first-order chi connectivity index (χ1) is 14.9. The lowest BCUT2D eigenvalue weighted by Gasteiger charge is -2.14. The molecule has 0 bridgehead atoms. The van der Waals surface area contributed by atoms with E-state index in [1.165, 1.54) is 6.92 Å². The van der Waals surface area contributed by atoms with Crippen LogP contribution in [0.3, 0.4) is 0 Å². The first-order valence-corrected chi connectivity index (χ1v) is 10.4. The number of aldehydes is 1. The molecule has 1 unspecified atom stereocenters. The van der Waals surface area contributed by atoms with Gasteiger partial charge in [-0.25, -0.2) is 0 Å². The number of aliphatic hydroxyl groups excluding tert-OH is 1. The third-order valence-electron chi connectivity index (χ3n) is 4.15. The average molecular weight is 472 g/mol. The van der Waals surface area contributed by atoms with Gasteiger partial charge in [-0.3, -0.25) is 4.79 Å². The minimum Gasteiger partial charge on any atom is -0.493 e. The van der Waals surface area contributed by atoms with Gasteiger partial charge in [0.2, 0.25) is 5.91 Å². The fraction of sp³-hybridized carbons (Fsp3) is 0.391. The number of aliphatic hydroxyl groups is 1. The Bertz CT molecular complexity index is 815. The standard InChI is InChI=1S/C20H23Cl2NO3.C2H4O.CH4O/c1-13(10-15-5-6-16(21)12-17(15)22)20(24)23-9-8-14-4-7-18(25-2)19(11-14)26-3;1-2-3;1-2/h4-7,11-13H,8-10H2,1-3H3,(H,23,24);2H,1H3;2H,1H3. The lowest BCUT2D eigenvalue weighted by molar-refractivity contribution is -0.124. The van der Waals surface area contributed by atoms with E-state index in [1.54, 1.807) is 26.4 Å². The monoisotopic (exact) mass is 471 g/mol. The molecule has 0 saturated carbocycles. The minimum absolute atomic E-state index is 0.00325. The predicted molar refractivity (Wildman–Crippen MR) is 125 cm³/mol. The second-order valence-corrected chi connectivity index (χ2v) is 7.15. The summed E-state index contributed by atoms with van der Waals surface area (Å²) in [7, 11) is 4.21. The second kappa shape index (κ2) is 16.4. The van der Waals surface area contributed by atoms with Gasteiger partial charge in [-0.1, -0.05) is 42.3 Å². The van der Waals surface area contributed by atoms with Crippen LogP contribution in [0.15, 0.2) is 36.4 Å². The third-order valence-corrected chi connectivity index (χ3v) is 4.74. The van der Waals surface area contributed by atoms with Gasteiger partial charge in [0.15, 0.2) is 11.5 Å². The van der Waals surface area contributed by atoms with Crippen LogP contribution in [-0.2, 0) is 22.4 Å². The van der Waals surface area contributed by atoms with E-state index in [0.717, 1.165) is 24.5 Å². The van der Waals surface area contributed by atoms with Gasteiger partial charge in [0.1, 0.15) is 6.29 Å². The smallest absolute Gasteiger partial charge is 0.223 e. The number of nitrogens with one attached hydrogen (secondary N) is 1. The average Bonchev–Trinajstić information content (AvgIpc) is 2.77. The zero-order chi connectivity index (χ0) is 23.8. The molecule has 1 atom stereocenters. The molecule has 0 aliphatic rings. The van der Waals surface area contributed by atoms with Gasteiger partial charge in [0, 0.05) is 29.6 Å². The Balaban J connectivity index is 0.00000165. The first-order valence-electron chi connectivity index (χ1n) is 9.63. The SMILES string of the molecule is CC=O.CO.COc1ccc(CCNC(=O)C(C)Cc2ccc(Cl)cc2Cl)cc1OC. The maximum Gasteiger partial charge on any atom is 0.223 e. The number of carbonyl (C=O) groups is 2. The van der Waals surface area contributed by atoms with Gasteiger partial charge in [-0.05, 0) is 55.2 Å². The molecular formula is C23H31Cl2NO5. The molecule has 2 aromatic rings. The quantitative estimate of drug-likeness (QED) is 0.558. The molecule has 0 radical (unpaired) electrons. The van der Waals surface area contributed by atoms with Crippen LogP contribution in [0.5, 0.6) is 11.5 Å². The Hall–Kier alpha value is -2.28. The van der Waals surface area contributed by atoms with Crippen molar-refractivity contribution in [3.8, 4) is 11.5 Å². The maximum atomic E-state index is 12.3. The number of rotatable bonds is 8. The Kier molecular flexibility index (Phi) is 15.2. The molecule has 172 valence electrons. The van der Waals surface area contributed by atoms with E-state index in [9.17, 15) is 4.79 Å². The highest BCUT2D eigenvalue weighted by molar-refractivity contribution is 6.35. The van der Waals surface area contributed by atoms with Crippen molar-refractivity contribution in [2.45, 2.75) is 26.7 Å². The first kappa shape index (κ1) is 28.7. The van der Waals surface area contributed by atoms with Crippen molar-refractivity contribution >= 4 is 35.4 Å². The summed E-state index contributed by atoms with van der Waals surface area (Å²) in [5, 5.41) is 11.1. The highest BCUT2D eigenvalue weighted by Crippen LogP contribution is 2.27. The highest BCUT2D eigenvalue weighted by Gasteiger charge is 2.15. The van der Waals surface area contributed by atoms with E-state index >= 15 is 0 Å². The van der Waals surface area contributed by atoms with Crippen molar-refractivity contribution in [2.24, 2.45) is 5.92 Å². The number of methoxy groups -OCH3 is 2. The van der Waals surface area contributed by atoms with Crippen molar-refractivity contribution < 1.29 is 24.2 Å². The Labute approximate surface area is 194 Å². The number of benzene rings is 2. The van der Waals surface area contributed by atoms with Crippen molar-refractivity contribution in [2.75, 3.05) is 27.9 Å². The van der Waals surface area contributed by atoms with Crippen LogP contribution in [0.25, 0.3) is 0 Å². The van der Waals surface area contributed by atoms with Gasteiger partial charge < -0.3 is 24.7 Å². The van der Waals surface area contributed by atoms with Crippen molar-refractivity contribution in [1.82, 2.24) is 5.32 Å². The second-order valence-electron chi connectivity index (χ2n) is 6.31. The van der Waals surface area contributed by atoms with E-state index in [-0.39, 0.29) is 11.8 Å². The molecule has 6 nitrogen and oxygen atoms in total. The number of carbonyl (C=O) groups excluding carboxylic acids is 2. The summed E-state index contributed by atoms with van der Waals surface area (Å²) < 4.78 is 10.5. The molecule has 2 rings (SSSR count). The number of hydrogen-bond donors (Lipinski definition) is 2. The molecule has 0 heterocycles. The summed E-state index contributed by atoms with van der Waals surface area (Å²) in [6, 6.07) is 11.1. The number of hydrogen-bond acceptors (Lipinski definition) is 5. The van der Waals surface area contributed by atoms with Crippen LogP contribution in [0.4, 0.5) is 0 Å². The Morgan fingerprint density at radius 2 is 1.71 bits per heavy atom. The largest absolute Gasteiger partial charge is 0.493 e. The maximum absolute atomic E-state index is 12.3. The topological polar surface area (TPSA) is 84.9 Å². The molecule has 31 heavy (non-hydrogen) atoms. The van der Waals surface area contributed by atoms with Gasteiger partial charge in [0.05, 0.1) is 14.2 Å². The summed E-state index contributed by atoms with van der Waals surface area (Å²) in [5.74, 6) is 1.19. The Morgan fingerprint density at radius 3 is 2.26 bits per heavy atom. The van der Waals surface area contributed by atoms with E-state index in [2.05, 4.69) is 5.32 Å². The number of amides is 1. The Morgan fingerprint density at radius 1 is 1.10 bits per heavy atom. The lowest BCUT2D eigenvalue weighted by atomic mass is 10.00. The van der Waals surface area contributed by atoms with Crippen molar-refractivity contribution in [1.29, 1.82) is 0 Å². The molecule has 0 fully saturated rings. The van der Waals surface area contributed by atoms with E-state index in [4.69, 9.17) is 42.6 Å². The minimum atomic E-state index is -0.181. The number of ether oxygens (including phenoxy) is 2. The van der Waals surface area contributed by atoms with E-state index in [0.29, 0.717) is 40.9 Å². The zero-order valence-corrected chi connectivity index (χ0v) is 20.1. The van der Waals surface area contributed by atoms with E-state index in [1.807, 2.05) is 31.2 Å². The summed E-state index contributed by atoms with van der Waals surface area (Å²) in [6.45, 7) is 3.88. The van der Waals surface area contributed by atoms with Crippen LogP contribution < -0.4 is 14.8 Å². The summed E-state index contributed by atoms with van der Waals surface area (Å²) in [6.07, 6.45) is 2.03. The predicted octanol–water partition coefficient (Wildman–Crippen LogP) is 4.36. The molecule has 8 heteroatoms. The van der Waals surface area contributed by atoms with Crippen LogP contribution >= 0.6 is 23.2 Å². The van der Waals surface area contributed by atoms with Gasteiger partial charge in [-0.2, -0.15) is 0 Å². The fourth-order valence-electron chi connectivity index (χ4n) is 2.65. The van der Waals surface area contributed by atoms with Crippen LogP contribution in [0.2, 0.25) is 10.0 Å². The van der Waals surface area contributed by atoms with Crippen LogP contribution in [-0.4, -0.2) is 45.2 Å². The molecular weight excluding hydrogens is 441 g/mol. The normalized spacial score (nSPS) is 10.5. The lowest BCUT2D eigenvalue weighted by Crippen LogP contribution is -2.31. The molecule has 2 aromatic carbocycles. The molecule has 0 aliphatic carbocycles. The fourth-order valence-corrected chi connectivity index (χ4v) is 3.14. The molecule has 1 amide bonds. The molecule has 0 spiro atoms. The van der Waals surface area contributed by atoms with E-state index < -0.39 is 0 Å². The molecule has 2 N–H and O–H groups in total. The molecule has 0 saturated heterocycles. The third kappa shape index (κ3) is 10.5. The number of halogens is 2.